The minimum absolute atomic E-state index is 0.00212. The SMILES string of the molecule is CCCCC1CCC(C(=O)N(CC)C(c2ccccc2)c2ccccc2)CC1. The molecule has 2 aromatic carbocycles. The van der Waals surface area contributed by atoms with Crippen LogP contribution in [-0.2, 0) is 4.79 Å². The molecule has 2 heteroatoms. The van der Waals surface area contributed by atoms with Crippen LogP contribution in [0.2, 0.25) is 0 Å². The van der Waals surface area contributed by atoms with Gasteiger partial charge in [0.2, 0.25) is 5.91 Å². The number of rotatable bonds is 8. The molecule has 1 fully saturated rings. The lowest BCUT2D eigenvalue weighted by Gasteiger charge is -2.36. The number of carbonyl (C=O) groups excluding carboxylic acids is 1. The third kappa shape index (κ3) is 5.04. The third-order valence-corrected chi connectivity index (χ3v) is 6.33. The monoisotopic (exact) mass is 377 g/mol. The lowest BCUT2D eigenvalue weighted by molar-refractivity contribution is -0.138. The lowest BCUT2D eigenvalue weighted by Crippen LogP contribution is -2.40. The summed E-state index contributed by atoms with van der Waals surface area (Å²) in [7, 11) is 0. The highest BCUT2D eigenvalue weighted by atomic mass is 16.2. The lowest BCUT2D eigenvalue weighted by atomic mass is 9.79. The van der Waals surface area contributed by atoms with Gasteiger partial charge in [-0.05, 0) is 49.7 Å². The molecule has 0 N–H and O–H groups in total. The van der Waals surface area contributed by atoms with Crippen molar-refractivity contribution in [1.29, 1.82) is 0 Å². The first-order valence-electron chi connectivity index (χ1n) is 11.1. The predicted molar refractivity (Wildman–Crippen MR) is 117 cm³/mol. The summed E-state index contributed by atoms with van der Waals surface area (Å²) in [5.41, 5.74) is 2.39. The van der Waals surface area contributed by atoms with Crippen LogP contribution in [0.15, 0.2) is 60.7 Å². The second-order valence-corrected chi connectivity index (χ2v) is 8.21. The van der Waals surface area contributed by atoms with Gasteiger partial charge in [0.25, 0.3) is 0 Å². The molecule has 0 spiro atoms. The second kappa shape index (κ2) is 10.5. The molecular weight excluding hydrogens is 342 g/mol. The second-order valence-electron chi connectivity index (χ2n) is 8.21. The van der Waals surface area contributed by atoms with Gasteiger partial charge in [0.1, 0.15) is 0 Å². The Morgan fingerprint density at radius 2 is 1.43 bits per heavy atom. The van der Waals surface area contributed by atoms with E-state index in [4.69, 9.17) is 0 Å². The van der Waals surface area contributed by atoms with E-state index in [9.17, 15) is 4.79 Å². The van der Waals surface area contributed by atoms with Crippen LogP contribution in [0.4, 0.5) is 0 Å². The van der Waals surface area contributed by atoms with Crippen LogP contribution in [0.25, 0.3) is 0 Å². The number of carbonyl (C=O) groups is 1. The van der Waals surface area contributed by atoms with Gasteiger partial charge in [0.15, 0.2) is 0 Å². The number of unbranched alkanes of at least 4 members (excludes halogenated alkanes) is 1. The van der Waals surface area contributed by atoms with Crippen LogP contribution in [0.5, 0.6) is 0 Å². The molecule has 0 unspecified atom stereocenters. The minimum Gasteiger partial charge on any atom is -0.332 e. The quantitative estimate of drug-likeness (QED) is 0.506. The average molecular weight is 378 g/mol. The Morgan fingerprint density at radius 3 is 1.89 bits per heavy atom. The van der Waals surface area contributed by atoms with Gasteiger partial charge in [-0.25, -0.2) is 0 Å². The molecule has 0 bridgehead atoms. The van der Waals surface area contributed by atoms with Crippen molar-refractivity contribution in [3.05, 3.63) is 71.8 Å². The van der Waals surface area contributed by atoms with E-state index in [0.29, 0.717) is 5.91 Å². The molecule has 2 aromatic rings. The smallest absolute Gasteiger partial charge is 0.226 e. The summed E-state index contributed by atoms with van der Waals surface area (Å²) in [6.07, 6.45) is 8.49. The summed E-state index contributed by atoms with van der Waals surface area (Å²) >= 11 is 0. The molecule has 0 saturated heterocycles. The van der Waals surface area contributed by atoms with Crippen LogP contribution >= 0.6 is 0 Å². The van der Waals surface area contributed by atoms with Gasteiger partial charge >= 0.3 is 0 Å². The van der Waals surface area contributed by atoms with Crippen LogP contribution in [0.3, 0.4) is 0 Å². The first kappa shape index (κ1) is 20.6. The van der Waals surface area contributed by atoms with Crippen molar-refractivity contribution < 1.29 is 4.79 Å². The topological polar surface area (TPSA) is 20.3 Å². The van der Waals surface area contributed by atoms with E-state index in [0.717, 1.165) is 25.3 Å². The van der Waals surface area contributed by atoms with E-state index >= 15 is 0 Å². The van der Waals surface area contributed by atoms with Crippen LogP contribution in [0, 0.1) is 11.8 Å². The van der Waals surface area contributed by atoms with E-state index in [1.54, 1.807) is 0 Å². The van der Waals surface area contributed by atoms with Gasteiger partial charge in [-0.2, -0.15) is 0 Å². The molecular formula is C26H35NO. The highest BCUT2D eigenvalue weighted by Gasteiger charge is 2.33. The summed E-state index contributed by atoms with van der Waals surface area (Å²) in [6.45, 7) is 5.12. The van der Waals surface area contributed by atoms with Crippen molar-refractivity contribution in [2.75, 3.05) is 6.54 Å². The van der Waals surface area contributed by atoms with E-state index in [2.05, 4.69) is 67.3 Å². The van der Waals surface area contributed by atoms with Gasteiger partial charge in [-0.3, -0.25) is 4.79 Å². The molecule has 0 heterocycles. The third-order valence-electron chi connectivity index (χ3n) is 6.33. The van der Waals surface area contributed by atoms with Gasteiger partial charge in [-0.1, -0.05) is 86.8 Å². The molecule has 0 atom stereocenters. The van der Waals surface area contributed by atoms with Gasteiger partial charge < -0.3 is 4.90 Å². The molecule has 3 rings (SSSR count). The van der Waals surface area contributed by atoms with E-state index in [1.807, 2.05) is 12.1 Å². The first-order valence-corrected chi connectivity index (χ1v) is 11.1. The van der Waals surface area contributed by atoms with Gasteiger partial charge in [-0.15, -0.1) is 0 Å². The van der Waals surface area contributed by atoms with E-state index < -0.39 is 0 Å². The summed E-state index contributed by atoms with van der Waals surface area (Å²) in [5, 5.41) is 0. The predicted octanol–water partition coefficient (Wildman–Crippen LogP) is 6.62. The number of hydrogen-bond acceptors (Lipinski definition) is 1. The van der Waals surface area contributed by atoms with Crippen LogP contribution in [0.1, 0.15) is 76.0 Å². The standard InChI is InChI=1S/C26H35NO/c1-3-5-12-21-17-19-24(20-18-21)26(28)27(4-2)25(22-13-8-6-9-14-22)23-15-10-7-11-16-23/h6-11,13-16,21,24-25H,3-5,12,17-20H2,1-2H3. The van der Waals surface area contributed by atoms with Crippen molar-refractivity contribution in [2.45, 2.75) is 64.8 Å². The summed E-state index contributed by atoms with van der Waals surface area (Å²) < 4.78 is 0. The molecule has 150 valence electrons. The van der Waals surface area contributed by atoms with E-state index in [-0.39, 0.29) is 12.0 Å². The first-order chi connectivity index (χ1) is 13.7. The number of hydrogen-bond donors (Lipinski definition) is 0. The Hall–Kier alpha value is -2.09. The fourth-order valence-corrected chi connectivity index (χ4v) is 4.71. The number of nitrogens with zero attached hydrogens (tertiary/aromatic N) is 1. The van der Waals surface area contributed by atoms with Crippen molar-refractivity contribution in [2.24, 2.45) is 11.8 Å². The van der Waals surface area contributed by atoms with Gasteiger partial charge in [0.05, 0.1) is 6.04 Å². The molecule has 1 saturated carbocycles. The average Bonchev–Trinajstić information content (AvgIpc) is 2.77. The minimum atomic E-state index is -0.00212. The normalized spacial score (nSPS) is 19.5. The number of benzene rings is 2. The maximum Gasteiger partial charge on any atom is 0.226 e. The maximum atomic E-state index is 13.6. The van der Waals surface area contributed by atoms with Crippen LogP contribution < -0.4 is 0 Å². The summed E-state index contributed by atoms with van der Waals surface area (Å²) in [4.78, 5) is 15.7. The highest BCUT2D eigenvalue weighted by molar-refractivity contribution is 5.80. The fraction of sp³-hybridized carbons (Fsp3) is 0.500. The molecule has 1 aliphatic carbocycles. The molecule has 28 heavy (non-hydrogen) atoms. The zero-order valence-corrected chi connectivity index (χ0v) is 17.5. The zero-order chi connectivity index (χ0) is 19.8. The van der Waals surface area contributed by atoms with Gasteiger partial charge in [0, 0.05) is 12.5 Å². The molecule has 2 nitrogen and oxygen atoms in total. The molecule has 0 radical (unpaired) electrons. The summed E-state index contributed by atoms with van der Waals surface area (Å²) in [6, 6.07) is 21.0. The number of amides is 1. The van der Waals surface area contributed by atoms with Crippen molar-refractivity contribution in [3.63, 3.8) is 0 Å². The summed E-state index contributed by atoms with van der Waals surface area (Å²) in [5.74, 6) is 1.36. The van der Waals surface area contributed by atoms with E-state index in [1.165, 1.54) is 43.2 Å². The Bertz CT molecular complexity index is 664. The fourth-order valence-electron chi connectivity index (χ4n) is 4.71. The largest absolute Gasteiger partial charge is 0.332 e. The Morgan fingerprint density at radius 1 is 0.893 bits per heavy atom. The maximum absolute atomic E-state index is 13.6. The zero-order valence-electron chi connectivity index (χ0n) is 17.5. The van der Waals surface area contributed by atoms with Crippen molar-refractivity contribution in [3.8, 4) is 0 Å². The Kier molecular flexibility index (Phi) is 7.71. The highest BCUT2D eigenvalue weighted by Crippen LogP contribution is 2.36. The van der Waals surface area contributed by atoms with Crippen molar-refractivity contribution >= 4 is 5.91 Å². The molecule has 1 amide bonds. The Balaban J connectivity index is 1.78. The van der Waals surface area contributed by atoms with Crippen LogP contribution in [-0.4, -0.2) is 17.4 Å². The molecule has 0 aromatic heterocycles. The molecule has 0 aliphatic heterocycles. The van der Waals surface area contributed by atoms with Crippen molar-refractivity contribution in [1.82, 2.24) is 4.90 Å². The Labute approximate surface area is 171 Å². The molecule has 1 aliphatic rings.